The van der Waals surface area contributed by atoms with Gasteiger partial charge in [-0.2, -0.15) is 0 Å². The van der Waals surface area contributed by atoms with E-state index in [2.05, 4.69) is 10.0 Å². The highest BCUT2D eigenvalue weighted by Gasteiger charge is 2.19. The fourth-order valence-electron chi connectivity index (χ4n) is 1.99. The van der Waals surface area contributed by atoms with Gasteiger partial charge in [0.15, 0.2) is 0 Å². The molecule has 0 atom stereocenters. The summed E-state index contributed by atoms with van der Waals surface area (Å²) < 4.78 is 40.6. The lowest BCUT2D eigenvalue weighted by molar-refractivity contribution is 0.102. The molecule has 2 aromatic rings. The number of amides is 1. The lowest BCUT2D eigenvalue weighted by atomic mass is 10.2. The van der Waals surface area contributed by atoms with Crippen molar-refractivity contribution < 1.29 is 17.6 Å². The molecule has 2 N–H and O–H groups in total. The van der Waals surface area contributed by atoms with Gasteiger partial charge < -0.3 is 5.32 Å². The van der Waals surface area contributed by atoms with Crippen molar-refractivity contribution in [3.63, 3.8) is 0 Å². The Kier molecular flexibility index (Phi) is 6.40. The minimum Gasteiger partial charge on any atom is -0.322 e. The summed E-state index contributed by atoms with van der Waals surface area (Å²) in [7, 11) is -3.82. The van der Waals surface area contributed by atoms with Crippen LogP contribution in [0.25, 0.3) is 0 Å². The van der Waals surface area contributed by atoms with Crippen LogP contribution >= 0.6 is 23.2 Å². The minimum absolute atomic E-state index is 0.198. The van der Waals surface area contributed by atoms with E-state index in [0.29, 0.717) is 16.5 Å². The largest absolute Gasteiger partial charge is 0.322 e. The number of benzene rings is 2. The molecule has 0 radical (unpaired) electrons. The second-order valence-corrected chi connectivity index (χ2v) is 7.79. The molecule has 0 unspecified atom stereocenters. The molecule has 2 aromatic carbocycles. The Bertz CT molecular complexity index is 884. The standard InChI is InChI=1S/C16H15Cl2FN2O3S/c1-2-5-20-25(23,24)13-3-4-15(19)14(9-13)16(22)21-12-7-10(17)6-11(18)8-12/h3-4,6-9,20H,2,5H2,1H3,(H,21,22). The Morgan fingerprint density at radius 3 is 2.36 bits per heavy atom. The number of carbonyl (C=O) groups is 1. The van der Waals surface area contributed by atoms with Gasteiger partial charge in [-0.05, 0) is 42.8 Å². The van der Waals surface area contributed by atoms with E-state index in [4.69, 9.17) is 23.2 Å². The van der Waals surface area contributed by atoms with Gasteiger partial charge in [-0.25, -0.2) is 17.5 Å². The highest BCUT2D eigenvalue weighted by Crippen LogP contribution is 2.23. The summed E-state index contributed by atoms with van der Waals surface area (Å²) >= 11 is 11.7. The third-order valence-electron chi connectivity index (χ3n) is 3.16. The van der Waals surface area contributed by atoms with Crippen LogP contribution in [0.2, 0.25) is 10.0 Å². The van der Waals surface area contributed by atoms with Crippen LogP contribution < -0.4 is 10.0 Å². The molecule has 0 aliphatic heterocycles. The van der Waals surface area contributed by atoms with Gasteiger partial charge in [0.1, 0.15) is 5.82 Å². The number of nitrogens with one attached hydrogen (secondary N) is 2. The summed E-state index contributed by atoms with van der Waals surface area (Å²) in [5.41, 5.74) is -0.144. The average Bonchev–Trinajstić information content (AvgIpc) is 2.52. The summed E-state index contributed by atoms with van der Waals surface area (Å²) in [5.74, 6) is -1.66. The second-order valence-electron chi connectivity index (χ2n) is 5.15. The molecule has 0 bridgehead atoms. The predicted molar refractivity (Wildman–Crippen MR) is 96.3 cm³/mol. The number of halogens is 3. The van der Waals surface area contributed by atoms with Gasteiger partial charge in [0, 0.05) is 22.3 Å². The summed E-state index contributed by atoms with van der Waals surface area (Å²) in [4.78, 5) is 12.1. The predicted octanol–water partition coefficient (Wildman–Crippen LogP) is 4.07. The molecule has 2 rings (SSSR count). The first kappa shape index (κ1) is 19.7. The number of hydrogen-bond acceptors (Lipinski definition) is 3. The molecule has 0 heterocycles. The van der Waals surface area contributed by atoms with Crippen LogP contribution in [0.1, 0.15) is 23.7 Å². The third kappa shape index (κ3) is 5.15. The highest BCUT2D eigenvalue weighted by molar-refractivity contribution is 7.89. The maximum Gasteiger partial charge on any atom is 0.258 e. The monoisotopic (exact) mass is 404 g/mol. The zero-order valence-corrected chi connectivity index (χ0v) is 15.5. The van der Waals surface area contributed by atoms with Gasteiger partial charge in [-0.1, -0.05) is 30.1 Å². The Morgan fingerprint density at radius 1 is 1.12 bits per heavy atom. The van der Waals surface area contributed by atoms with E-state index >= 15 is 0 Å². The fourth-order valence-corrected chi connectivity index (χ4v) is 3.68. The first-order chi connectivity index (χ1) is 11.7. The molecule has 9 heteroatoms. The molecular weight excluding hydrogens is 390 g/mol. The van der Waals surface area contributed by atoms with Crippen molar-refractivity contribution in [3.8, 4) is 0 Å². The molecule has 1 amide bonds. The lowest BCUT2D eigenvalue weighted by Gasteiger charge is -2.10. The number of rotatable bonds is 6. The minimum atomic E-state index is -3.82. The molecule has 0 aromatic heterocycles. The summed E-state index contributed by atoms with van der Waals surface area (Å²) in [6.45, 7) is 2.05. The van der Waals surface area contributed by atoms with Crippen LogP contribution in [0.3, 0.4) is 0 Å². The van der Waals surface area contributed by atoms with E-state index in [1.54, 1.807) is 0 Å². The first-order valence-electron chi connectivity index (χ1n) is 7.29. The van der Waals surface area contributed by atoms with E-state index < -0.39 is 27.3 Å². The highest BCUT2D eigenvalue weighted by atomic mass is 35.5. The van der Waals surface area contributed by atoms with Crippen LogP contribution in [0.5, 0.6) is 0 Å². The maximum absolute atomic E-state index is 14.0. The molecule has 0 aliphatic carbocycles. The maximum atomic E-state index is 14.0. The van der Waals surface area contributed by atoms with Crippen LogP contribution in [-0.4, -0.2) is 20.9 Å². The van der Waals surface area contributed by atoms with Gasteiger partial charge in [0.05, 0.1) is 10.5 Å². The van der Waals surface area contributed by atoms with E-state index in [-0.39, 0.29) is 17.1 Å². The Hall–Kier alpha value is -1.67. The first-order valence-corrected chi connectivity index (χ1v) is 9.53. The summed E-state index contributed by atoms with van der Waals surface area (Å²) in [5, 5.41) is 3.03. The van der Waals surface area contributed by atoms with Gasteiger partial charge in [0.2, 0.25) is 10.0 Å². The quantitative estimate of drug-likeness (QED) is 0.761. The molecule has 134 valence electrons. The van der Waals surface area contributed by atoms with E-state index in [9.17, 15) is 17.6 Å². The van der Waals surface area contributed by atoms with E-state index in [1.165, 1.54) is 18.2 Å². The zero-order valence-electron chi connectivity index (χ0n) is 13.1. The van der Waals surface area contributed by atoms with Crippen molar-refractivity contribution in [1.29, 1.82) is 0 Å². The molecule has 25 heavy (non-hydrogen) atoms. The summed E-state index contributed by atoms with van der Waals surface area (Å²) in [6.07, 6.45) is 0.600. The molecule has 0 spiro atoms. The van der Waals surface area contributed by atoms with Gasteiger partial charge in [-0.15, -0.1) is 0 Å². The van der Waals surface area contributed by atoms with Gasteiger partial charge in [-0.3, -0.25) is 4.79 Å². The smallest absolute Gasteiger partial charge is 0.258 e. The van der Waals surface area contributed by atoms with Crippen LogP contribution in [0.15, 0.2) is 41.3 Å². The van der Waals surface area contributed by atoms with Crippen LogP contribution in [0, 0.1) is 5.82 Å². The fraction of sp³-hybridized carbons (Fsp3) is 0.188. The van der Waals surface area contributed by atoms with Crippen molar-refractivity contribution in [1.82, 2.24) is 4.72 Å². The number of sulfonamides is 1. The van der Waals surface area contributed by atoms with Crippen molar-refractivity contribution >= 4 is 44.8 Å². The number of anilines is 1. The third-order valence-corrected chi connectivity index (χ3v) is 5.05. The normalized spacial score (nSPS) is 11.4. The average molecular weight is 405 g/mol. The van der Waals surface area contributed by atoms with Gasteiger partial charge >= 0.3 is 0 Å². The zero-order chi connectivity index (χ0) is 18.6. The Morgan fingerprint density at radius 2 is 1.76 bits per heavy atom. The van der Waals surface area contributed by atoms with E-state index in [1.807, 2.05) is 6.92 Å². The van der Waals surface area contributed by atoms with E-state index in [0.717, 1.165) is 18.2 Å². The van der Waals surface area contributed by atoms with Crippen molar-refractivity contribution in [2.24, 2.45) is 0 Å². The topological polar surface area (TPSA) is 75.3 Å². The molecule has 0 saturated heterocycles. The van der Waals surface area contributed by atoms with Crippen molar-refractivity contribution in [3.05, 3.63) is 57.8 Å². The summed E-state index contributed by atoms with van der Waals surface area (Å²) in [6, 6.07) is 7.36. The second kappa shape index (κ2) is 8.14. The van der Waals surface area contributed by atoms with Crippen molar-refractivity contribution in [2.75, 3.05) is 11.9 Å². The Labute approximate surface area is 155 Å². The van der Waals surface area contributed by atoms with Crippen LogP contribution in [0.4, 0.5) is 10.1 Å². The molecular formula is C16H15Cl2FN2O3S. The number of hydrogen-bond donors (Lipinski definition) is 2. The Balaban J connectivity index is 2.32. The van der Waals surface area contributed by atoms with Gasteiger partial charge in [0.25, 0.3) is 5.91 Å². The molecule has 0 saturated carbocycles. The SMILES string of the molecule is CCCNS(=O)(=O)c1ccc(F)c(C(=O)Nc2cc(Cl)cc(Cl)c2)c1. The number of carbonyl (C=O) groups excluding carboxylic acids is 1. The lowest BCUT2D eigenvalue weighted by Crippen LogP contribution is -2.25. The van der Waals surface area contributed by atoms with Crippen LogP contribution in [-0.2, 0) is 10.0 Å². The molecule has 0 aliphatic rings. The van der Waals surface area contributed by atoms with Crippen molar-refractivity contribution in [2.45, 2.75) is 18.2 Å². The molecule has 5 nitrogen and oxygen atoms in total. The molecule has 0 fully saturated rings.